The second-order valence-electron chi connectivity index (χ2n) is 5.79. The fourth-order valence-electron chi connectivity index (χ4n) is 2.56. The highest BCUT2D eigenvalue weighted by Crippen LogP contribution is 2.41. The number of hydrogen-bond acceptors (Lipinski definition) is 4. The Kier molecular flexibility index (Phi) is 2.77. The van der Waals surface area contributed by atoms with Crippen molar-refractivity contribution in [2.24, 2.45) is 5.41 Å². The fraction of sp³-hybridized carbons (Fsp3) is 0.500. The molecule has 0 atom stereocenters. The van der Waals surface area contributed by atoms with E-state index in [1.165, 1.54) is 19.3 Å². The lowest BCUT2D eigenvalue weighted by molar-refractivity contribution is -0.118. The summed E-state index contributed by atoms with van der Waals surface area (Å²) < 4.78 is 5.33. The molecule has 4 N–H and O–H groups in total. The second kappa shape index (κ2) is 4.33. The van der Waals surface area contributed by atoms with Gasteiger partial charge in [-0.3, -0.25) is 4.79 Å². The summed E-state index contributed by atoms with van der Waals surface area (Å²) in [5.74, 6) is 0.506. The van der Waals surface area contributed by atoms with Crippen molar-refractivity contribution in [2.75, 3.05) is 29.5 Å². The maximum absolute atomic E-state index is 11.3. The molecule has 0 spiro atoms. The summed E-state index contributed by atoms with van der Waals surface area (Å²) in [4.78, 5) is 11.3. The normalized spacial score (nSPS) is 19.7. The average molecular weight is 261 g/mol. The molecule has 0 aromatic heterocycles. The molecular formula is C14H19N3O2. The first-order valence-corrected chi connectivity index (χ1v) is 6.66. The number of fused-ring (bicyclic) bond motifs is 1. The molecule has 1 aromatic rings. The highest BCUT2D eigenvalue weighted by atomic mass is 16.5. The molecule has 0 radical (unpaired) electrons. The van der Waals surface area contributed by atoms with Crippen LogP contribution in [-0.4, -0.2) is 19.1 Å². The summed E-state index contributed by atoms with van der Waals surface area (Å²) in [5.41, 5.74) is 8.59. The molecule has 1 aliphatic carbocycles. The van der Waals surface area contributed by atoms with Crippen molar-refractivity contribution in [2.45, 2.75) is 26.2 Å². The van der Waals surface area contributed by atoms with Crippen LogP contribution in [0, 0.1) is 5.41 Å². The Morgan fingerprint density at radius 1 is 1.47 bits per heavy atom. The van der Waals surface area contributed by atoms with Crippen molar-refractivity contribution in [1.29, 1.82) is 0 Å². The largest absolute Gasteiger partial charge is 0.482 e. The Labute approximate surface area is 112 Å². The summed E-state index contributed by atoms with van der Waals surface area (Å²) >= 11 is 0. The van der Waals surface area contributed by atoms with E-state index in [1.807, 2.05) is 6.07 Å². The lowest BCUT2D eigenvalue weighted by Gasteiger charge is -2.38. The number of nitrogens with two attached hydrogens (primary N) is 1. The Balaban J connectivity index is 1.77. The molecular weight excluding hydrogens is 242 g/mol. The summed E-state index contributed by atoms with van der Waals surface area (Å²) in [6.07, 6.45) is 3.82. The van der Waals surface area contributed by atoms with Gasteiger partial charge in [-0.25, -0.2) is 0 Å². The Morgan fingerprint density at radius 3 is 2.95 bits per heavy atom. The van der Waals surface area contributed by atoms with E-state index in [-0.39, 0.29) is 12.5 Å². The van der Waals surface area contributed by atoms with E-state index >= 15 is 0 Å². The minimum atomic E-state index is -0.130. The first-order valence-electron chi connectivity index (χ1n) is 6.66. The van der Waals surface area contributed by atoms with E-state index in [2.05, 4.69) is 17.6 Å². The third kappa shape index (κ3) is 2.32. The van der Waals surface area contributed by atoms with Gasteiger partial charge in [-0.2, -0.15) is 0 Å². The van der Waals surface area contributed by atoms with Gasteiger partial charge in [0.1, 0.15) is 5.75 Å². The highest BCUT2D eigenvalue weighted by Gasteiger charge is 2.31. The van der Waals surface area contributed by atoms with Crippen molar-refractivity contribution in [1.82, 2.24) is 0 Å². The Morgan fingerprint density at radius 2 is 2.26 bits per heavy atom. The Bertz CT molecular complexity index is 524. The van der Waals surface area contributed by atoms with Gasteiger partial charge in [0, 0.05) is 12.6 Å². The summed E-state index contributed by atoms with van der Waals surface area (Å²) in [7, 11) is 0. The number of carbonyl (C=O) groups excluding carboxylic acids is 1. The minimum absolute atomic E-state index is 0.0529. The molecule has 0 unspecified atom stereocenters. The molecule has 1 aliphatic heterocycles. The number of rotatable bonds is 3. The molecule has 102 valence electrons. The molecule has 1 fully saturated rings. The maximum atomic E-state index is 11.3. The van der Waals surface area contributed by atoms with Crippen LogP contribution in [0.4, 0.5) is 17.1 Å². The first-order chi connectivity index (χ1) is 9.06. The zero-order chi connectivity index (χ0) is 13.5. The van der Waals surface area contributed by atoms with Gasteiger partial charge in [-0.05, 0) is 24.3 Å². The van der Waals surface area contributed by atoms with E-state index in [1.54, 1.807) is 6.07 Å². The molecule has 1 saturated carbocycles. The number of anilines is 3. The molecule has 0 bridgehead atoms. The van der Waals surface area contributed by atoms with E-state index in [0.717, 1.165) is 12.2 Å². The molecule has 19 heavy (non-hydrogen) atoms. The van der Waals surface area contributed by atoms with Gasteiger partial charge in [0.2, 0.25) is 0 Å². The van der Waals surface area contributed by atoms with Crippen LogP contribution in [0.1, 0.15) is 26.2 Å². The SMILES string of the molecule is CC1(CNc2cc3c(cc2N)OCC(=O)N3)CCC1. The average Bonchev–Trinajstić information content (AvgIpc) is 2.34. The maximum Gasteiger partial charge on any atom is 0.262 e. The fourth-order valence-corrected chi connectivity index (χ4v) is 2.56. The summed E-state index contributed by atoms with van der Waals surface area (Å²) in [6.45, 7) is 3.24. The molecule has 1 aromatic carbocycles. The van der Waals surface area contributed by atoms with Gasteiger partial charge >= 0.3 is 0 Å². The standard InChI is InChI=1S/C14H19N3O2/c1-14(3-2-4-14)8-16-10-6-11-12(5-9(10)15)19-7-13(18)17-11/h5-6,16H,2-4,7-8,15H2,1H3,(H,17,18). The second-order valence-corrected chi connectivity index (χ2v) is 5.79. The minimum Gasteiger partial charge on any atom is -0.482 e. The van der Waals surface area contributed by atoms with Gasteiger partial charge in [0.25, 0.3) is 5.91 Å². The lowest BCUT2D eigenvalue weighted by Crippen LogP contribution is -2.33. The van der Waals surface area contributed by atoms with E-state index in [9.17, 15) is 4.79 Å². The molecule has 1 amide bonds. The van der Waals surface area contributed by atoms with Crippen LogP contribution in [0.5, 0.6) is 5.75 Å². The lowest BCUT2D eigenvalue weighted by atomic mass is 9.70. The Hall–Kier alpha value is -1.91. The van der Waals surface area contributed by atoms with Crippen LogP contribution in [0.25, 0.3) is 0 Å². The zero-order valence-electron chi connectivity index (χ0n) is 11.1. The van der Waals surface area contributed by atoms with Crippen molar-refractivity contribution < 1.29 is 9.53 Å². The number of carbonyl (C=O) groups is 1. The molecule has 5 heteroatoms. The van der Waals surface area contributed by atoms with Crippen LogP contribution in [0.3, 0.4) is 0 Å². The third-order valence-corrected chi connectivity index (χ3v) is 4.05. The zero-order valence-corrected chi connectivity index (χ0v) is 11.1. The van der Waals surface area contributed by atoms with Crippen LogP contribution in [0.2, 0.25) is 0 Å². The van der Waals surface area contributed by atoms with Gasteiger partial charge in [-0.1, -0.05) is 13.3 Å². The number of hydrogen-bond donors (Lipinski definition) is 3. The predicted molar refractivity (Wildman–Crippen MR) is 75.4 cm³/mol. The quantitative estimate of drug-likeness (QED) is 0.729. The molecule has 2 aliphatic rings. The van der Waals surface area contributed by atoms with Gasteiger partial charge in [-0.15, -0.1) is 0 Å². The van der Waals surface area contributed by atoms with Crippen molar-refractivity contribution in [3.05, 3.63) is 12.1 Å². The van der Waals surface area contributed by atoms with Gasteiger partial charge < -0.3 is 21.1 Å². The number of benzene rings is 1. The molecule has 1 heterocycles. The van der Waals surface area contributed by atoms with Crippen molar-refractivity contribution >= 4 is 23.0 Å². The summed E-state index contributed by atoms with van der Waals surface area (Å²) in [6, 6.07) is 3.62. The van der Waals surface area contributed by atoms with Gasteiger partial charge in [0.15, 0.2) is 6.61 Å². The van der Waals surface area contributed by atoms with E-state index < -0.39 is 0 Å². The number of nitrogen functional groups attached to an aromatic ring is 1. The van der Waals surface area contributed by atoms with Crippen molar-refractivity contribution in [3.8, 4) is 5.75 Å². The number of nitrogens with one attached hydrogen (secondary N) is 2. The first kappa shape index (κ1) is 12.1. The molecule has 0 saturated heterocycles. The van der Waals surface area contributed by atoms with E-state index in [4.69, 9.17) is 10.5 Å². The van der Waals surface area contributed by atoms with Gasteiger partial charge in [0.05, 0.1) is 17.1 Å². The van der Waals surface area contributed by atoms with Crippen LogP contribution in [-0.2, 0) is 4.79 Å². The van der Waals surface area contributed by atoms with Crippen LogP contribution >= 0.6 is 0 Å². The topological polar surface area (TPSA) is 76.4 Å². The number of amides is 1. The number of ether oxygens (including phenoxy) is 1. The predicted octanol–water partition coefficient (Wildman–Crippen LogP) is 2.20. The third-order valence-electron chi connectivity index (χ3n) is 4.05. The van der Waals surface area contributed by atoms with Crippen molar-refractivity contribution in [3.63, 3.8) is 0 Å². The van der Waals surface area contributed by atoms with Crippen LogP contribution < -0.4 is 21.1 Å². The molecule has 5 nitrogen and oxygen atoms in total. The monoisotopic (exact) mass is 261 g/mol. The molecule has 3 rings (SSSR count). The highest BCUT2D eigenvalue weighted by molar-refractivity contribution is 5.97. The smallest absolute Gasteiger partial charge is 0.262 e. The summed E-state index contributed by atoms with van der Waals surface area (Å²) in [5, 5.41) is 6.18. The van der Waals surface area contributed by atoms with E-state index in [0.29, 0.717) is 22.5 Å². The van der Waals surface area contributed by atoms with Crippen LogP contribution in [0.15, 0.2) is 12.1 Å².